The minimum absolute atomic E-state index is 0.0681. The molecule has 0 aromatic heterocycles. The molecule has 0 saturated carbocycles. The lowest BCUT2D eigenvalue weighted by Gasteiger charge is -2.48. The topological polar surface area (TPSA) is 106 Å². The quantitative estimate of drug-likeness (QED) is 0.156. The summed E-state index contributed by atoms with van der Waals surface area (Å²) in [7, 11) is 0. The summed E-state index contributed by atoms with van der Waals surface area (Å²) >= 11 is 0. The Labute approximate surface area is 372 Å². The molecule has 350 valence electrons. The second-order valence-electron chi connectivity index (χ2n) is 27.1. The highest BCUT2D eigenvalue weighted by molar-refractivity contribution is 5.66. The van der Waals surface area contributed by atoms with Crippen LogP contribution in [-0.2, 0) is 0 Å². The lowest BCUT2D eigenvalue weighted by atomic mass is 9.80. The van der Waals surface area contributed by atoms with Gasteiger partial charge >= 0.3 is 0 Å². The van der Waals surface area contributed by atoms with Crippen molar-refractivity contribution in [2.75, 3.05) is 0 Å². The zero-order valence-electron chi connectivity index (χ0n) is 42.6. The largest absolute Gasteiger partial charge is 0.486 e. The van der Waals surface area contributed by atoms with E-state index in [4.69, 9.17) is 23.7 Å². The Bertz CT molecular complexity index is 1560. The Kier molecular flexibility index (Phi) is 12.6. The number of hydrogen-bond donors (Lipinski definition) is 5. The molecule has 1 aromatic rings. The molecule has 1 aromatic carbocycles. The van der Waals surface area contributed by atoms with E-state index in [1.54, 1.807) is 0 Å². The lowest BCUT2D eigenvalue weighted by molar-refractivity contribution is 0.0174. The molecule has 5 saturated heterocycles. The number of ether oxygens (including phenoxy) is 5. The van der Waals surface area contributed by atoms with Gasteiger partial charge in [0.25, 0.3) is 0 Å². The molecule has 10 nitrogen and oxygen atoms in total. The van der Waals surface area contributed by atoms with Crippen LogP contribution >= 0.6 is 0 Å². The summed E-state index contributed by atoms with van der Waals surface area (Å²) in [5.41, 5.74) is -1.31. The van der Waals surface area contributed by atoms with Crippen LogP contribution in [0.5, 0.6) is 28.7 Å². The molecule has 0 unspecified atom stereocenters. The minimum Gasteiger partial charge on any atom is -0.486 e. The predicted molar refractivity (Wildman–Crippen MR) is 251 cm³/mol. The maximum atomic E-state index is 7.60. The summed E-state index contributed by atoms with van der Waals surface area (Å²) in [4.78, 5) is 0. The summed E-state index contributed by atoms with van der Waals surface area (Å²) < 4.78 is 37.5. The fraction of sp³-hybridized carbons (Fsp3) is 0.882. The summed E-state index contributed by atoms with van der Waals surface area (Å²) in [6.45, 7) is 45.7. The van der Waals surface area contributed by atoms with Crippen molar-refractivity contribution in [1.29, 1.82) is 0 Å². The van der Waals surface area contributed by atoms with Gasteiger partial charge in [-0.25, -0.2) is 0 Å². The van der Waals surface area contributed by atoms with Crippen LogP contribution in [0, 0.1) is 0 Å². The van der Waals surface area contributed by atoms with E-state index in [0.717, 1.165) is 64.2 Å². The third kappa shape index (κ3) is 13.1. The molecule has 0 radical (unpaired) electrons. The van der Waals surface area contributed by atoms with E-state index < -0.39 is 0 Å². The van der Waals surface area contributed by atoms with E-state index in [2.05, 4.69) is 171 Å². The van der Waals surface area contributed by atoms with E-state index in [0.29, 0.717) is 28.7 Å². The van der Waals surface area contributed by atoms with Gasteiger partial charge in [-0.15, -0.1) is 0 Å². The average Bonchev–Trinajstić information content (AvgIpc) is 2.92. The molecule has 0 aliphatic carbocycles. The van der Waals surface area contributed by atoms with Crippen molar-refractivity contribution in [3.63, 3.8) is 0 Å². The van der Waals surface area contributed by atoms with Crippen molar-refractivity contribution >= 4 is 0 Å². The van der Waals surface area contributed by atoms with Gasteiger partial charge in [-0.05, 0) is 138 Å². The molecule has 6 rings (SSSR count). The molecule has 61 heavy (non-hydrogen) atoms. The fourth-order valence-electron chi connectivity index (χ4n) is 13.5. The van der Waals surface area contributed by atoms with Crippen molar-refractivity contribution in [1.82, 2.24) is 26.6 Å². The van der Waals surface area contributed by atoms with Crippen molar-refractivity contribution in [2.24, 2.45) is 0 Å². The van der Waals surface area contributed by atoms with Crippen molar-refractivity contribution in [3.05, 3.63) is 6.07 Å². The number of nitrogens with one attached hydrogen (secondary N) is 5. The summed E-state index contributed by atoms with van der Waals surface area (Å²) in [5, 5.41) is 19.4. The van der Waals surface area contributed by atoms with Crippen LogP contribution < -0.4 is 50.3 Å². The molecule has 5 heterocycles. The van der Waals surface area contributed by atoms with Crippen LogP contribution in [-0.4, -0.2) is 85.9 Å². The Morgan fingerprint density at radius 3 is 0.639 bits per heavy atom. The van der Waals surface area contributed by atoms with Crippen LogP contribution in [0.25, 0.3) is 0 Å². The first-order chi connectivity index (χ1) is 27.4. The van der Waals surface area contributed by atoms with E-state index in [1.807, 2.05) is 0 Å². The van der Waals surface area contributed by atoms with Crippen molar-refractivity contribution < 1.29 is 23.7 Å². The Morgan fingerprint density at radius 2 is 0.443 bits per heavy atom. The van der Waals surface area contributed by atoms with Crippen LogP contribution in [0.15, 0.2) is 6.07 Å². The minimum atomic E-state index is -0.146. The first kappa shape index (κ1) is 48.5. The van der Waals surface area contributed by atoms with Gasteiger partial charge in [-0.1, -0.05) is 0 Å². The maximum Gasteiger partial charge on any atom is 0.211 e. The van der Waals surface area contributed by atoms with Crippen molar-refractivity contribution in [3.8, 4) is 28.7 Å². The molecule has 5 aliphatic heterocycles. The van der Waals surface area contributed by atoms with Gasteiger partial charge < -0.3 is 50.3 Å². The first-order valence-electron chi connectivity index (χ1n) is 23.9. The molecule has 0 amide bonds. The van der Waals surface area contributed by atoms with Gasteiger partial charge in [0.1, 0.15) is 30.5 Å². The standard InChI is InChI=1S/C51H91N5O5/c1-42(2)22-32(23-43(3,4)52-42)57-37-21-38(58-33-24-44(5,6)53-45(7,8)25-33)40(60-35-28-48(13,14)55-49(15,16)29-35)41(61-36-30-50(17,18)56-51(19,20)31-36)39(37)59-34-26-46(9,10)54-47(11,12)27-34/h21,32-36,52-56H,22-31H2,1-20H3. The zero-order chi connectivity index (χ0) is 45.6. The van der Waals surface area contributed by atoms with Crippen LogP contribution in [0.4, 0.5) is 0 Å². The van der Waals surface area contributed by atoms with Gasteiger partial charge in [-0.3, -0.25) is 0 Å². The van der Waals surface area contributed by atoms with E-state index in [1.165, 1.54) is 0 Å². The molecule has 5 aliphatic rings. The monoisotopic (exact) mass is 854 g/mol. The van der Waals surface area contributed by atoms with Gasteiger partial charge in [0, 0.05) is 126 Å². The number of rotatable bonds is 10. The maximum absolute atomic E-state index is 7.60. The van der Waals surface area contributed by atoms with Crippen LogP contribution in [0.3, 0.4) is 0 Å². The van der Waals surface area contributed by atoms with Crippen LogP contribution in [0.1, 0.15) is 203 Å². The summed E-state index contributed by atoms with van der Waals surface area (Å²) in [6.07, 6.45) is 7.93. The molecule has 10 heteroatoms. The number of hydrogen-bond acceptors (Lipinski definition) is 10. The first-order valence-corrected chi connectivity index (χ1v) is 23.9. The average molecular weight is 854 g/mol. The summed E-state index contributed by atoms with van der Waals surface area (Å²) in [6, 6.07) is 2.12. The predicted octanol–water partition coefficient (Wildman–Crippen LogP) is 10.1. The smallest absolute Gasteiger partial charge is 0.211 e. The molecule has 0 bridgehead atoms. The van der Waals surface area contributed by atoms with E-state index >= 15 is 0 Å². The second kappa shape index (κ2) is 15.9. The Balaban J connectivity index is 1.59. The lowest BCUT2D eigenvalue weighted by Crippen LogP contribution is -2.60. The van der Waals surface area contributed by atoms with Gasteiger partial charge in [0.15, 0.2) is 11.5 Å². The van der Waals surface area contributed by atoms with Gasteiger partial charge in [-0.2, -0.15) is 0 Å². The summed E-state index contributed by atoms with van der Waals surface area (Å²) in [5.74, 6) is 3.26. The normalized spacial score (nSPS) is 29.3. The number of piperidine rings is 5. The molecule has 0 atom stereocenters. The molecule has 5 fully saturated rings. The SMILES string of the molecule is CC1(C)CC(Oc2cc(OC3CC(C)(C)NC(C)(C)C3)c(OC3CC(C)(C)NC(C)(C)C3)c(OC3CC(C)(C)NC(C)(C)C3)c2OC2CC(C)(C)NC(C)(C)C2)CC(C)(C)N1. The molecular formula is C51H91N5O5. The van der Waals surface area contributed by atoms with Crippen molar-refractivity contribution in [2.45, 2.75) is 289 Å². The third-order valence-corrected chi connectivity index (χ3v) is 13.3. The molecule has 0 spiro atoms. The second-order valence-corrected chi connectivity index (χ2v) is 27.1. The Morgan fingerprint density at radius 1 is 0.279 bits per heavy atom. The molecule has 5 N–H and O–H groups in total. The van der Waals surface area contributed by atoms with Gasteiger partial charge in [0.2, 0.25) is 17.2 Å². The Hall–Kier alpha value is -1.98. The zero-order valence-corrected chi connectivity index (χ0v) is 42.6. The van der Waals surface area contributed by atoms with Crippen LogP contribution in [0.2, 0.25) is 0 Å². The third-order valence-electron chi connectivity index (χ3n) is 13.3. The van der Waals surface area contributed by atoms with E-state index in [-0.39, 0.29) is 85.9 Å². The highest BCUT2D eigenvalue weighted by Gasteiger charge is 2.47. The molecular weight excluding hydrogens is 763 g/mol. The number of benzene rings is 1. The van der Waals surface area contributed by atoms with Gasteiger partial charge in [0.05, 0.1) is 0 Å². The van der Waals surface area contributed by atoms with E-state index in [9.17, 15) is 0 Å². The highest BCUT2D eigenvalue weighted by Crippen LogP contribution is 2.55. The highest BCUT2D eigenvalue weighted by atomic mass is 16.6. The fourth-order valence-corrected chi connectivity index (χ4v) is 13.5.